The second kappa shape index (κ2) is 8.07. The third kappa shape index (κ3) is 5.94. The maximum absolute atomic E-state index is 13.7. The number of aryl methyl sites for hydroxylation is 1. The molecule has 140 valence electrons. The summed E-state index contributed by atoms with van der Waals surface area (Å²) in [4.78, 5) is 27.2. The monoisotopic (exact) mass is 366 g/mol. The van der Waals surface area contributed by atoms with Crippen LogP contribution in [0.2, 0.25) is 0 Å². The van der Waals surface area contributed by atoms with E-state index in [0.29, 0.717) is 0 Å². The van der Waals surface area contributed by atoms with Gasteiger partial charge in [-0.05, 0) is 32.9 Å². The van der Waals surface area contributed by atoms with Crippen LogP contribution in [0.5, 0.6) is 0 Å². The molecule has 0 spiro atoms. The fraction of sp³-hybridized carbons (Fsp3) is 0.389. The van der Waals surface area contributed by atoms with Crippen LogP contribution in [0.1, 0.15) is 33.1 Å². The van der Waals surface area contributed by atoms with Crippen molar-refractivity contribution in [3.05, 3.63) is 41.9 Å². The average molecular weight is 366 g/mol. The molecule has 1 aromatic carbocycles. The summed E-state index contributed by atoms with van der Waals surface area (Å²) in [7, 11) is 0. The second-order valence-corrected chi connectivity index (χ2v) is 6.70. The first-order chi connectivity index (χ1) is 12.1. The molecule has 0 aliphatic heterocycles. The first kappa shape index (κ1) is 19.6. The summed E-state index contributed by atoms with van der Waals surface area (Å²) < 4.78 is 36.9. The molecule has 26 heavy (non-hydrogen) atoms. The molecule has 0 bridgehead atoms. The average Bonchev–Trinajstić information content (AvgIpc) is 2.98. The number of oxazole rings is 1. The highest BCUT2D eigenvalue weighted by atomic mass is 19.1. The Kier molecular flexibility index (Phi) is 6.07. The van der Waals surface area contributed by atoms with Crippen LogP contribution in [-0.4, -0.2) is 29.0 Å². The van der Waals surface area contributed by atoms with Crippen molar-refractivity contribution in [2.75, 3.05) is 6.61 Å². The van der Waals surface area contributed by atoms with Crippen molar-refractivity contribution >= 4 is 11.9 Å². The van der Waals surface area contributed by atoms with E-state index in [2.05, 4.69) is 10.3 Å². The van der Waals surface area contributed by atoms with E-state index < -0.39 is 29.0 Å². The van der Waals surface area contributed by atoms with E-state index in [4.69, 9.17) is 9.15 Å². The Balaban J connectivity index is 1.84. The minimum absolute atomic E-state index is 0.0470. The van der Waals surface area contributed by atoms with Crippen molar-refractivity contribution in [2.45, 2.75) is 39.2 Å². The molecule has 1 aromatic heterocycles. The molecule has 0 atom stereocenters. The molecule has 1 amide bonds. The molecule has 0 saturated heterocycles. The first-order valence-electron chi connectivity index (χ1n) is 8.01. The van der Waals surface area contributed by atoms with Gasteiger partial charge in [-0.1, -0.05) is 0 Å². The van der Waals surface area contributed by atoms with Gasteiger partial charge < -0.3 is 14.5 Å². The summed E-state index contributed by atoms with van der Waals surface area (Å²) in [6.07, 6.45) is 1.38. The predicted octanol–water partition coefficient (Wildman–Crippen LogP) is 3.01. The predicted molar refractivity (Wildman–Crippen MR) is 89.0 cm³/mol. The number of nitrogens with zero attached hydrogens (tertiary/aromatic N) is 1. The molecule has 2 rings (SSSR count). The van der Waals surface area contributed by atoms with Crippen molar-refractivity contribution in [3.8, 4) is 11.3 Å². The van der Waals surface area contributed by atoms with E-state index in [9.17, 15) is 18.4 Å². The maximum Gasteiger partial charge on any atom is 0.306 e. The van der Waals surface area contributed by atoms with Crippen molar-refractivity contribution in [3.63, 3.8) is 0 Å². The van der Waals surface area contributed by atoms with Crippen LogP contribution in [0.25, 0.3) is 11.3 Å². The number of ether oxygens (including phenoxy) is 1. The number of esters is 1. The largest absolute Gasteiger partial charge is 0.456 e. The number of hydrogen-bond donors (Lipinski definition) is 1. The number of halogens is 2. The smallest absolute Gasteiger partial charge is 0.306 e. The van der Waals surface area contributed by atoms with Crippen LogP contribution in [0.4, 0.5) is 8.78 Å². The summed E-state index contributed by atoms with van der Waals surface area (Å²) in [5.74, 6) is -2.09. The third-order valence-electron chi connectivity index (χ3n) is 3.17. The van der Waals surface area contributed by atoms with Crippen LogP contribution in [0, 0.1) is 11.6 Å². The zero-order valence-electron chi connectivity index (χ0n) is 14.8. The van der Waals surface area contributed by atoms with E-state index in [1.807, 2.05) is 20.8 Å². The van der Waals surface area contributed by atoms with Crippen LogP contribution < -0.4 is 5.32 Å². The van der Waals surface area contributed by atoms with Crippen molar-refractivity contribution in [1.29, 1.82) is 0 Å². The van der Waals surface area contributed by atoms with E-state index in [1.165, 1.54) is 12.3 Å². The van der Waals surface area contributed by atoms with Crippen LogP contribution >= 0.6 is 0 Å². The zero-order chi connectivity index (χ0) is 19.3. The Labute approximate surface area is 149 Å². The van der Waals surface area contributed by atoms with Gasteiger partial charge in [-0.25, -0.2) is 13.8 Å². The Morgan fingerprint density at radius 1 is 1.27 bits per heavy atom. The van der Waals surface area contributed by atoms with Gasteiger partial charge in [-0.15, -0.1) is 0 Å². The van der Waals surface area contributed by atoms with Crippen molar-refractivity contribution in [1.82, 2.24) is 10.3 Å². The number of amides is 1. The van der Waals surface area contributed by atoms with Gasteiger partial charge in [-0.3, -0.25) is 9.59 Å². The molecular formula is C18H20F2N2O4. The standard InChI is InChI=1S/C18H20F2N2O4/c1-18(2,3)22-15(23)10-25-17(24)7-6-16-21-9-14(26-16)12-5-4-11(19)8-13(12)20/h4-5,8-9H,6-7,10H2,1-3H3,(H,22,23). The molecule has 6 nitrogen and oxygen atoms in total. The normalized spacial score (nSPS) is 11.3. The Bertz CT molecular complexity index is 797. The molecule has 1 heterocycles. The highest BCUT2D eigenvalue weighted by Gasteiger charge is 2.16. The molecule has 0 aliphatic carbocycles. The highest BCUT2D eigenvalue weighted by Crippen LogP contribution is 2.24. The fourth-order valence-corrected chi connectivity index (χ4v) is 2.12. The molecule has 0 fully saturated rings. The van der Waals surface area contributed by atoms with E-state index in [-0.39, 0.29) is 36.7 Å². The van der Waals surface area contributed by atoms with Gasteiger partial charge in [0.1, 0.15) is 11.6 Å². The molecule has 1 N–H and O–H groups in total. The lowest BCUT2D eigenvalue weighted by molar-refractivity contribution is -0.149. The summed E-state index contributed by atoms with van der Waals surface area (Å²) in [6, 6.07) is 3.11. The molecule has 0 unspecified atom stereocenters. The molecule has 0 saturated carbocycles. The first-order valence-corrected chi connectivity index (χ1v) is 8.01. The lowest BCUT2D eigenvalue weighted by atomic mass is 10.1. The zero-order valence-corrected chi connectivity index (χ0v) is 14.8. The second-order valence-electron chi connectivity index (χ2n) is 6.70. The van der Waals surface area contributed by atoms with E-state index >= 15 is 0 Å². The summed E-state index contributed by atoms with van der Waals surface area (Å²) in [5.41, 5.74) is -0.334. The summed E-state index contributed by atoms with van der Waals surface area (Å²) in [6.45, 7) is 5.08. The quantitative estimate of drug-likeness (QED) is 0.795. The lowest BCUT2D eigenvalue weighted by Crippen LogP contribution is -2.42. The number of benzene rings is 1. The maximum atomic E-state index is 13.7. The van der Waals surface area contributed by atoms with Gasteiger partial charge in [0.05, 0.1) is 18.2 Å². The lowest BCUT2D eigenvalue weighted by Gasteiger charge is -2.20. The number of nitrogens with one attached hydrogen (secondary N) is 1. The van der Waals surface area contributed by atoms with E-state index in [1.54, 1.807) is 0 Å². The van der Waals surface area contributed by atoms with Gasteiger partial charge in [-0.2, -0.15) is 0 Å². The Morgan fingerprint density at radius 2 is 2.00 bits per heavy atom. The molecule has 0 radical (unpaired) electrons. The topological polar surface area (TPSA) is 81.4 Å². The molecule has 8 heteroatoms. The third-order valence-corrected chi connectivity index (χ3v) is 3.17. The van der Waals surface area contributed by atoms with Crippen LogP contribution in [-0.2, 0) is 20.7 Å². The van der Waals surface area contributed by atoms with Gasteiger partial charge in [0, 0.05) is 18.0 Å². The number of carbonyl (C=O) groups excluding carboxylic acids is 2. The SMILES string of the molecule is CC(C)(C)NC(=O)COC(=O)CCc1ncc(-c2ccc(F)cc2F)o1. The van der Waals surface area contributed by atoms with Crippen LogP contribution in [0.15, 0.2) is 28.8 Å². The molecule has 0 aliphatic rings. The van der Waals surface area contributed by atoms with Crippen molar-refractivity contribution < 1.29 is 27.5 Å². The van der Waals surface area contributed by atoms with Gasteiger partial charge >= 0.3 is 5.97 Å². The Hall–Kier alpha value is -2.77. The minimum Gasteiger partial charge on any atom is -0.456 e. The Morgan fingerprint density at radius 3 is 2.65 bits per heavy atom. The van der Waals surface area contributed by atoms with Crippen molar-refractivity contribution in [2.24, 2.45) is 0 Å². The number of rotatable bonds is 6. The number of carbonyl (C=O) groups is 2. The number of aromatic nitrogens is 1. The van der Waals surface area contributed by atoms with Gasteiger partial charge in [0.2, 0.25) is 0 Å². The number of hydrogen-bond acceptors (Lipinski definition) is 5. The van der Waals surface area contributed by atoms with Gasteiger partial charge in [0.15, 0.2) is 18.3 Å². The van der Waals surface area contributed by atoms with Gasteiger partial charge in [0.25, 0.3) is 5.91 Å². The highest BCUT2D eigenvalue weighted by molar-refractivity contribution is 5.81. The van der Waals surface area contributed by atoms with Crippen LogP contribution in [0.3, 0.4) is 0 Å². The fourth-order valence-electron chi connectivity index (χ4n) is 2.12. The van der Waals surface area contributed by atoms with E-state index in [0.717, 1.165) is 12.1 Å². The molecular weight excluding hydrogens is 346 g/mol. The summed E-state index contributed by atoms with van der Waals surface area (Å²) in [5, 5.41) is 2.67. The molecule has 2 aromatic rings. The summed E-state index contributed by atoms with van der Waals surface area (Å²) >= 11 is 0. The minimum atomic E-state index is -0.767.